The minimum absolute atomic E-state index is 0.196. The van der Waals surface area contributed by atoms with Gasteiger partial charge in [0.2, 0.25) is 5.91 Å². The maximum absolute atomic E-state index is 12.9. The normalized spacial score (nSPS) is 14.4. The van der Waals surface area contributed by atoms with Crippen molar-refractivity contribution in [3.05, 3.63) is 82.6 Å². The summed E-state index contributed by atoms with van der Waals surface area (Å²) in [6, 6.07) is 12.9. The zero-order chi connectivity index (χ0) is 24.6. The monoisotopic (exact) mass is 459 g/mol. The highest BCUT2D eigenvalue weighted by Crippen LogP contribution is 2.29. The van der Waals surface area contributed by atoms with Crippen LogP contribution in [-0.4, -0.2) is 39.7 Å². The van der Waals surface area contributed by atoms with Crippen LogP contribution in [0.2, 0.25) is 0 Å². The fraction of sp³-hybridized carbons (Fsp3) is 0.0417. The van der Waals surface area contributed by atoms with Crippen molar-refractivity contribution < 1.29 is 33.8 Å². The van der Waals surface area contributed by atoms with Gasteiger partial charge in [0.1, 0.15) is 11.5 Å². The Kier molecular flexibility index (Phi) is 5.56. The van der Waals surface area contributed by atoms with Crippen molar-refractivity contribution in [1.29, 1.82) is 0 Å². The van der Waals surface area contributed by atoms with Gasteiger partial charge >= 0.3 is 11.9 Å². The van der Waals surface area contributed by atoms with Crippen molar-refractivity contribution in [2.24, 2.45) is 10.8 Å². The molecule has 2 amide bonds. The summed E-state index contributed by atoms with van der Waals surface area (Å²) in [6.07, 6.45) is 1.49. The van der Waals surface area contributed by atoms with Crippen LogP contribution >= 0.6 is 0 Å². The second-order valence-electron chi connectivity index (χ2n) is 7.38. The number of carboxylic acid groups (broad SMARTS) is 2. The second kappa shape index (κ2) is 8.51. The third-order valence-corrected chi connectivity index (χ3v) is 5.08. The molecule has 2 heterocycles. The van der Waals surface area contributed by atoms with Crippen molar-refractivity contribution in [3.63, 3.8) is 0 Å². The van der Waals surface area contributed by atoms with Crippen molar-refractivity contribution >= 4 is 41.2 Å². The van der Waals surface area contributed by atoms with Crippen LogP contribution in [0.25, 0.3) is 17.4 Å². The number of nitrogens with two attached hydrogens (primary N) is 1. The van der Waals surface area contributed by atoms with E-state index in [4.69, 9.17) is 10.2 Å². The van der Waals surface area contributed by atoms with E-state index in [1.54, 1.807) is 31.2 Å². The number of anilines is 1. The summed E-state index contributed by atoms with van der Waals surface area (Å²) in [5, 5.41) is 24.0. The fourth-order valence-corrected chi connectivity index (χ4v) is 3.37. The number of carbonyl (C=O) groups is 4. The van der Waals surface area contributed by atoms with Gasteiger partial charge in [-0.2, -0.15) is 10.1 Å². The van der Waals surface area contributed by atoms with E-state index in [1.807, 2.05) is 0 Å². The van der Waals surface area contributed by atoms with Crippen molar-refractivity contribution in [2.75, 3.05) is 5.01 Å². The predicted molar refractivity (Wildman–Crippen MR) is 122 cm³/mol. The molecule has 0 spiro atoms. The van der Waals surface area contributed by atoms with Crippen LogP contribution in [-0.2, 0) is 4.79 Å². The Labute approximate surface area is 192 Å². The number of carboxylic acids is 2. The highest BCUT2D eigenvalue weighted by Gasteiger charge is 2.29. The van der Waals surface area contributed by atoms with E-state index in [-0.39, 0.29) is 33.8 Å². The molecule has 0 atom stereocenters. The van der Waals surface area contributed by atoms with Gasteiger partial charge in [-0.25, -0.2) is 9.59 Å². The van der Waals surface area contributed by atoms with E-state index < -0.39 is 23.8 Å². The Bertz CT molecular complexity index is 1380. The maximum atomic E-state index is 12.9. The molecule has 4 N–H and O–H groups in total. The average Bonchev–Trinajstić information content (AvgIpc) is 3.39. The van der Waals surface area contributed by atoms with Gasteiger partial charge in [0.15, 0.2) is 0 Å². The molecule has 0 saturated carbocycles. The molecule has 1 aliphatic heterocycles. The summed E-state index contributed by atoms with van der Waals surface area (Å²) in [5.74, 6) is -3.02. The van der Waals surface area contributed by atoms with Crippen molar-refractivity contribution in [1.82, 2.24) is 0 Å². The quantitative estimate of drug-likeness (QED) is 0.476. The number of hydrogen-bond donors (Lipinski definition) is 3. The summed E-state index contributed by atoms with van der Waals surface area (Å²) in [5.41, 5.74) is 6.56. The first-order valence-corrected chi connectivity index (χ1v) is 9.87. The lowest BCUT2D eigenvalue weighted by molar-refractivity contribution is -0.114. The molecule has 1 aliphatic rings. The Hall–Kier alpha value is -4.99. The molecule has 10 heteroatoms. The van der Waals surface area contributed by atoms with Gasteiger partial charge < -0.3 is 20.4 Å². The molecule has 0 bridgehead atoms. The summed E-state index contributed by atoms with van der Waals surface area (Å²) >= 11 is 0. The Balaban J connectivity index is 1.63. The minimum atomic E-state index is -1.27. The average molecular weight is 459 g/mol. The summed E-state index contributed by atoms with van der Waals surface area (Å²) in [4.78, 5) is 46.9. The Morgan fingerprint density at radius 1 is 0.941 bits per heavy atom. The van der Waals surface area contributed by atoms with Gasteiger partial charge in [-0.3, -0.25) is 9.59 Å². The number of nitrogens with zero attached hydrogens (tertiary/aromatic N) is 2. The van der Waals surface area contributed by atoms with Crippen LogP contribution in [0.15, 0.2) is 69.7 Å². The van der Waals surface area contributed by atoms with E-state index in [0.29, 0.717) is 17.0 Å². The van der Waals surface area contributed by atoms with E-state index in [2.05, 4.69) is 5.10 Å². The van der Waals surface area contributed by atoms with Crippen LogP contribution in [0, 0.1) is 0 Å². The van der Waals surface area contributed by atoms with Crippen LogP contribution < -0.4 is 10.7 Å². The first kappa shape index (κ1) is 22.2. The van der Waals surface area contributed by atoms with Gasteiger partial charge in [-0.05, 0) is 67.6 Å². The number of carbonyl (C=O) groups excluding carboxylic acids is 2. The van der Waals surface area contributed by atoms with Crippen LogP contribution in [0.1, 0.15) is 43.8 Å². The lowest BCUT2D eigenvalue weighted by Crippen LogP contribution is -2.21. The third-order valence-electron chi connectivity index (χ3n) is 5.08. The predicted octanol–water partition coefficient (Wildman–Crippen LogP) is 3.25. The molecule has 0 saturated heterocycles. The Morgan fingerprint density at radius 3 is 2.12 bits per heavy atom. The lowest BCUT2D eigenvalue weighted by atomic mass is 10.0. The number of primary amides is 1. The van der Waals surface area contributed by atoms with E-state index in [9.17, 15) is 29.4 Å². The molecule has 0 aliphatic carbocycles. The number of furan rings is 1. The Morgan fingerprint density at radius 2 is 1.56 bits per heavy atom. The molecule has 0 radical (unpaired) electrons. The molecule has 0 unspecified atom stereocenters. The molecule has 2 aromatic carbocycles. The molecular formula is C24H17N3O7. The first-order valence-electron chi connectivity index (χ1n) is 9.87. The zero-order valence-electron chi connectivity index (χ0n) is 17.7. The molecule has 1 aromatic heterocycles. The number of hydrazone groups is 1. The number of hydrogen-bond acceptors (Lipinski definition) is 6. The molecule has 10 nitrogen and oxygen atoms in total. The topological polar surface area (TPSA) is 164 Å². The van der Waals surface area contributed by atoms with Gasteiger partial charge in [0.05, 0.1) is 28.1 Å². The molecule has 0 fully saturated rings. The summed E-state index contributed by atoms with van der Waals surface area (Å²) in [6.45, 7) is 1.65. The lowest BCUT2D eigenvalue weighted by Gasteiger charge is -2.11. The van der Waals surface area contributed by atoms with Gasteiger partial charge in [0.25, 0.3) is 5.91 Å². The number of aromatic carboxylic acids is 2. The van der Waals surface area contributed by atoms with Crippen molar-refractivity contribution in [3.8, 4) is 11.3 Å². The maximum Gasteiger partial charge on any atom is 0.335 e. The second-order valence-corrected chi connectivity index (χ2v) is 7.38. The van der Waals surface area contributed by atoms with Gasteiger partial charge in [0, 0.05) is 11.1 Å². The SMILES string of the molecule is CC1=NN(c2ccc(C(N)=O)cc2)C(=O)C1=Cc1ccc(-c2cc(C(=O)O)cc(C(=O)O)c2)o1. The smallest absolute Gasteiger partial charge is 0.335 e. The number of amides is 2. The van der Waals surface area contributed by atoms with E-state index >= 15 is 0 Å². The largest absolute Gasteiger partial charge is 0.478 e. The van der Waals surface area contributed by atoms with Crippen molar-refractivity contribution in [2.45, 2.75) is 6.92 Å². The van der Waals surface area contributed by atoms with E-state index in [1.165, 1.54) is 35.4 Å². The molecule has 3 aromatic rings. The van der Waals surface area contributed by atoms with Crippen LogP contribution in [0.3, 0.4) is 0 Å². The molecule has 4 rings (SSSR count). The number of benzene rings is 2. The highest BCUT2D eigenvalue weighted by atomic mass is 16.4. The van der Waals surface area contributed by atoms with Gasteiger partial charge in [-0.1, -0.05) is 0 Å². The minimum Gasteiger partial charge on any atom is -0.478 e. The van der Waals surface area contributed by atoms with Crippen LogP contribution in [0.5, 0.6) is 0 Å². The fourth-order valence-electron chi connectivity index (χ4n) is 3.37. The molecule has 170 valence electrons. The summed E-state index contributed by atoms with van der Waals surface area (Å²) in [7, 11) is 0. The first-order chi connectivity index (χ1) is 16.1. The van der Waals surface area contributed by atoms with Crippen LogP contribution in [0.4, 0.5) is 5.69 Å². The molecular weight excluding hydrogens is 442 g/mol. The van der Waals surface area contributed by atoms with Gasteiger partial charge in [-0.15, -0.1) is 0 Å². The third kappa shape index (κ3) is 4.19. The molecule has 34 heavy (non-hydrogen) atoms. The van der Waals surface area contributed by atoms with E-state index in [0.717, 1.165) is 6.07 Å². The standard InChI is InChI=1S/C24H17N3O7/c1-12-19(22(29)27(26-12)17-4-2-13(3-5-17)21(25)28)11-18-6-7-20(34-18)14-8-15(23(30)31)10-16(9-14)24(32)33/h2-11H,1H3,(H2,25,28)(H,30,31)(H,32,33). The highest BCUT2D eigenvalue weighted by molar-refractivity contribution is 6.32. The zero-order valence-corrected chi connectivity index (χ0v) is 17.7. The number of rotatable bonds is 6. The summed E-state index contributed by atoms with van der Waals surface area (Å²) < 4.78 is 5.74.